The third kappa shape index (κ3) is 3.47. The molecule has 0 aliphatic heterocycles. The van der Waals surface area contributed by atoms with E-state index < -0.39 is 11.7 Å². The van der Waals surface area contributed by atoms with E-state index in [4.69, 9.17) is 4.42 Å². The molecule has 3 aromatic rings. The number of hydrogen-bond acceptors (Lipinski definition) is 3. The predicted octanol–water partition coefficient (Wildman–Crippen LogP) is 5.00. The summed E-state index contributed by atoms with van der Waals surface area (Å²) in [5, 5.41) is 0. The molecule has 1 aromatic carbocycles. The largest absolute Gasteiger partial charge is 0.466 e. The topological polar surface area (TPSA) is 43.1 Å². The number of hydrogen-bond donors (Lipinski definition) is 0. The van der Waals surface area contributed by atoms with Gasteiger partial charge in [0.15, 0.2) is 5.43 Å². The van der Waals surface area contributed by atoms with Gasteiger partial charge in [-0.05, 0) is 32.0 Å². The minimum atomic E-state index is -4.37. The van der Waals surface area contributed by atoms with Crippen LogP contribution in [-0.2, 0) is 6.18 Å². The summed E-state index contributed by atoms with van der Waals surface area (Å²) in [6.45, 7) is 3.40. The number of aryl methyl sites for hydroxylation is 2. The molecule has 0 amide bonds. The lowest BCUT2D eigenvalue weighted by Crippen LogP contribution is -2.06. The Labute approximate surface area is 141 Å². The molecule has 0 saturated carbocycles. The third-order valence-electron chi connectivity index (χ3n) is 3.81. The Morgan fingerprint density at radius 2 is 1.60 bits per heavy atom. The van der Waals surface area contributed by atoms with E-state index in [1.54, 1.807) is 26.0 Å². The van der Waals surface area contributed by atoms with Gasteiger partial charge in [0, 0.05) is 23.4 Å². The van der Waals surface area contributed by atoms with Crippen molar-refractivity contribution in [2.75, 3.05) is 0 Å². The predicted molar refractivity (Wildman–Crippen MR) is 88.1 cm³/mol. The van der Waals surface area contributed by atoms with E-state index >= 15 is 0 Å². The van der Waals surface area contributed by atoms with E-state index in [0.29, 0.717) is 33.9 Å². The van der Waals surface area contributed by atoms with Crippen LogP contribution in [0, 0.1) is 13.8 Å². The summed E-state index contributed by atoms with van der Waals surface area (Å²) in [5.74, 6) is 1.02. The summed E-state index contributed by atoms with van der Waals surface area (Å²) in [4.78, 5) is 16.4. The normalized spacial score (nSPS) is 11.6. The van der Waals surface area contributed by atoms with Crippen LogP contribution in [0.2, 0.25) is 0 Å². The summed E-state index contributed by atoms with van der Waals surface area (Å²) in [5.41, 5.74) is 1.24. The van der Waals surface area contributed by atoms with Gasteiger partial charge >= 0.3 is 6.18 Å². The lowest BCUT2D eigenvalue weighted by molar-refractivity contribution is -0.137. The Morgan fingerprint density at radius 1 is 0.960 bits per heavy atom. The highest BCUT2D eigenvalue weighted by Gasteiger charge is 2.30. The molecule has 0 spiro atoms. The lowest BCUT2D eigenvalue weighted by atomic mass is 10.0. The molecule has 25 heavy (non-hydrogen) atoms. The molecular formula is C19H14F3NO2. The van der Waals surface area contributed by atoms with Crippen molar-refractivity contribution >= 4 is 0 Å². The fourth-order valence-electron chi connectivity index (χ4n) is 2.64. The molecule has 3 rings (SSSR count). The van der Waals surface area contributed by atoms with Gasteiger partial charge in [-0.1, -0.05) is 18.2 Å². The molecule has 0 saturated heterocycles. The average Bonchev–Trinajstić information content (AvgIpc) is 2.54. The van der Waals surface area contributed by atoms with Crippen molar-refractivity contribution < 1.29 is 17.6 Å². The smallest absolute Gasteiger partial charge is 0.416 e. The molecule has 0 fully saturated rings. The number of halogens is 3. The van der Waals surface area contributed by atoms with Gasteiger partial charge in [-0.25, -0.2) is 0 Å². The van der Waals surface area contributed by atoms with E-state index in [1.165, 1.54) is 24.4 Å². The monoisotopic (exact) mass is 345 g/mol. The molecule has 0 radical (unpaired) electrons. The Hall–Kier alpha value is -2.89. The zero-order valence-electron chi connectivity index (χ0n) is 13.5. The number of aromatic nitrogens is 1. The van der Waals surface area contributed by atoms with Crippen molar-refractivity contribution in [2.24, 2.45) is 0 Å². The minimum Gasteiger partial charge on any atom is -0.466 e. The van der Waals surface area contributed by atoms with E-state index in [1.807, 2.05) is 0 Å². The maximum Gasteiger partial charge on any atom is 0.416 e. The molecule has 6 heteroatoms. The molecular weight excluding hydrogens is 331 g/mol. The van der Waals surface area contributed by atoms with Crippen LogP contribution in [0.3, 0.4) is 0 Å². The number of alkyl halides is 3. The molecule has 2 heterocycles. The molecule has 128 valence electrons. The lowest BCUT2D eigenvalue weighted by Gasteiger charge is -2.08. The van der Waals surface area contributed by atoms with Gasteiger partial charge in [0.1, 0.15) is 11.5 Å². The number of rotatable bonds is 2. The van der Waals surface area contributed by atoms with Crippen molar-refractivity contribution in [3.05, 3.63) is 76.0 Å². The first kappa shape index (κ1) is 17.0. The highest BCUT2D eigenvalue weighted by molar-refractivity contribution is 5.68. The molecule has 0 N–H and O–H groups in total. The van der Waals surface area contributed by atoms with Crippen LogP contribution >= 0.6 is 0 Å². The minimum absolute atomic E-state index is 0.162. The van der Waals surface area contributed by atoms with E-state index in [9.17, 15) is 18.0 Å². The van der Waals surface area contributed by atoms with Crippen molar-refractivity contribution in [1.29, 1.82) is 0 Å². The van der Waals surface area contributed by atoms with Gasteiger partial charge in [-0.15, -0.1) is 0 Å². The highest BCUT2D eigenvalue weighted by atomic mass is 19.4. The summed E-state index contributed by atoms with van der Waals surface area (Å²) in [6, 6.07) is 9.55. The summed E-state index contributed by atoms with van der Waals surface area (Å²) < 4.78 is 43.3. The van der Waals surface area contributed by atoms with Crippen LogP contribution in [0.5, 0.6) is 0 Å². The molecule has 0 atom stereocenters. The second-order valence-corrected chi connectivity index (χ2v) is 5.66. The maximum atomic E-state index is 12.6. The molecule has 2 aromatic heterocycles. The molecule has 0 unspecified atom stereocenters. The first-order valence-corrected chi connectivity index (χ1v) is 7.51. The van der Waals surface area contributed by atoms with Gasteiger partial charge in [0.2, 0.25) is 0 Å². The molecule has 3 nitrogen and oxygen atoms in total. The van der Waals surface area contributed by atoms with Crippen molar-refractivity contribution in [1.82, 2.24) is 4.98 Å². The maximum absolute atomic E-state index is 12.6. The Bertz CT molecular complexity index is 956. The third-order valence-corrected chi connectivity index (χ3v) is 3.81. The van der Waals surface area contributed by atoms with Crippen LogP contribution in [-0.4, -0.2) is 4.98 Å². The van der Waals surface area contributed by atoms with Crippen LogP contribution in [0.25, 0.3) is 22.4 Å². The number of pyridine rings is 1. The summed E-state index contributed by atoms with van der Waals surface area (Å²) >= 11 is 0. The van der Waals surface area contributed by atoms with E-state index in [-0.39, 0.29) is 5.43 Å². The van der Waals surface area contributed by atoms with Crippen LogP contribution in [0.15, 0.2) is 57.9 Å². The van der Waals surface area contributed by atoms with Crippen molar-refractivity contribution in [3.8, 4) is 22.4 Å². The Morgan fingerprint density at radius 3 is 2.12 bits per heavy atom. The summed E-state index contributed by atoms with van der Waals surface area (Å²) in [7, 11) is 0. The number of benzene rings is 1. The Kier molecular flexibility index (Phi) is 4.20. The average molecular weight is 345 g/mol. The second kappa shape index (κ2) is 6.20. The van der Waals surface area contributed by atoms with Crippen LogP contribution in [0.4, 0.5) is 13.2 Å². The molecule has 0 aliphatic carbocycles. The van der Waals surface area contributed by atoms with Gasteiger partial charge in [0.05, 0.1) is 16.8 Å². The standard InChI is InChI=1S/C19H14F3NO2/c1-11-9-17(24)18(12(2)25-11)14-5-8-16(23-10-14)13-3-6-15(7-4-13)19(20,21)22/h3-10H,1-2H3. The quantitative estimate of drug-likeness (QED) is 0.656. The fourth-order valence-corrected chi connectivity index (χ4v) is 2.64. The molecule has 0 aliphatic rings. The molecule has 0 bridgehead atoms. The second-order valence-electron chi connectivity index (χ2n) is 5.66. The van der Waals surface area contributed by atoms with E-state index in [2.05, 4.69) is 4.98 Å². The summed E-state index contributed by atoms with van der Waals surface area (Å²) in [6.07, 6.45) is -2.85. The zero-order valence-corrected chi connectivity index (χ0v) is 13.5. The first-order valence-electron chi connectivity index (χ1n) is 7.51. The van der Waals surface area contributed by atoms with Gasteiger partial charge < -0.3 is 4.42 Å². The van der Waals surface area contributed by atoms with Crippen molar-refractivity contribution in [3.63, 3.8) is 0 Å². The Balaban J connectivity index is 1.95. The number of nitrogens with zero attached hydrogens (tertiary/aromatic N) is 1. The van der Waals surface area contributed by atoms with Gasteiger partial charge in [-0.3, -0.25) is 9.78 Å². The first-order chi connectivity index (χ1) is 11.8. The fraction of sp³-hybridized carbons (Fsp3) is 0.158. The van der Waals surface area contributed by atoms with Crippen LogP contribution in [0.1, 0.15) is 17.1 Å². The van der Waals surface area contributed by atoms with Gasteiger partial charge in [-0.2, -0.15) is 13.2 Å². The highest BCUT2D eigenvalue weighted by Crippen LogP contribution is 2.31. The van der Waals surface area contributed by atoms with E-state index in [0.717, 1.165) is 12.1 Å². The SMILES string of the molecule is Cc1cc(=O)c(-c2ccc(-c3ccc(C(F)(F)F)cc3)nc2)c(C)o1. The van der Waals surface area contributed by atoms with Gasteiger partial charge in [0.25, 0.3) is 0 Å². The van der Waals surface area contributed by atoms with Crippen molar-refractivity contribution in [2.45, 2.75) is 20.0 Å². The van der Waals surface area contributed by atoms with Crippen LogP contribution < -0.4 is 5.43 Å². The zero-order chi connectivity index (χ0) is 18.2.